The van der Waals surface area contributed by atoms with E-state index in [4.69, 9.17) is 14.2 Å². The fourth-order valence-corrected chi connectivity index (χ4v) is 4.75. The van der Waals surface area contributed by atoms with Crippen LogP contribution in [-0.4, -0.2) is 41.8 Å². The van der Waals surface area contributed by atoms with Gasteiger partial charge in [-0.25, -0.2) is 0 Å². The van der Waals surface area contributed by atoms with Gasteiger partial charge in [-0.2, -0.15) is 5.10 Å². The van der Waals surface area contributed by atoms with Gasteiger partial charge in [0.1, 0.15) is 11.4 Å². The minimum atomic E-state index is -0.353. The highest BCUT2D eigenvalue weighted by Crippen LogP contribution is 2.45. The Labute approximate surface area is 217 Å². The number of methoxy groups -OCH3 is 2. The van der Waals surface area contributed by atoms with Gasteiger partial charge in [0.15, 0.2) is 11.5 Å². The molecule has 0 saturated carbocycles. The molecular formula is C30H31N3O4. The second-order valence-corrected chi connectivity index (χ2v) is 9.17. The predicted octanol–water partition coefficient (Wildman–Crippen LogP) is 5.94. The molecule has 190 valence electrons. The average Bonchev–Trinajstić information content (AvgIpc) is 3.47. The number of aromatic amines is 1. The number of hydrogen-bond donors (Lipinski definition) is 1. The topological polar surface area (TPSA) is 76.7 Å². The number of nitrogens with zero attached hydrogens (tertiary/aromatic N) is 2. The van der Waals surface area contributed by atoms with E-state index in [1.54, 1.807) is 14.2 Å². The first-order valence-corrected chi connectivity index (χ1v) is 12.4. The van der Waals surface area contributed by atoms with Crippen molar-refractivity contribution < 1.29 is 19.0 Å². The zero-order valence-electron chi connectivity index (χ0n) is 21.6. The molecule has 1 N–H and O–H groups in total. The Balaban J connectivity index is 1.61. The van der Waals surface area contributed by atoms with Crippen LogP contribution < -0.4 is 14.2 Å². The number of aromatic nitrogens is 2. The monoisotopic (exact) mass is 497 g/mol. The summed E-state index contributed by atoms with van der Waals surface area (Å²) in [5, 5.41) is 7.60. The first-order valence-electron chi connectivity index (χ1n) is 12.4. The van der Waals surface area contributed by atoms with Crippen LogP contribution in [0.4, 0.5) is 0 Å². The first kappa shape index (κ1) is 24.4. The van der Waals surface area contributed by atoms with Crippen molar-refractivity contribution in [2.24, 2.45) is 0 Å². The average molecular weight is 498 g/mol. The van der Waals surface area contributed by atoms with Crippen molar-refractivity contribution in [2.45, 2.75) is 32.9 Å². The zero-order valence-corrected chi connectivity index (χ0v) is 21.6. The minimum Gasteiger partial charge on any atom is -0.497 e. The van der Waals surface area contributed by atoms with Gasteiger partial charge < -0.3 is 19.1 Å². The molecule has 1 amide bonds. The summed E-state index contributed by atoms with van der Waals surface area (Å²) in [6, 6.07) is 21.5. The molecule has 0 aliphatic carbocycles. The molecule has 37 heavy (non-hydrogen) atoms. The molecule has 0 bridgehead atoms. The van der Waals surface area contributed by atoms with Crippen LogP contribution in [0.2, 0.25) is 0 Å². The Hall–Kier alpha value is -4.26. The van der Waals surface area contributed by atoms with E-state index in [9.17, 15) is 4.79 Å². The van der Waals surface area contributed by atoms with E-state index in [1.165, 1.54) is 5.56 Å². The predicted molar refractivity (Wildman–Crippen MR) is 142 cm³/mol. The third kappa shape index (κ3) is 4.65. The molecule has 1 aromatic heterocycles. The lowest BCUT2D eigenvalue weighted by Gasteiger charge is -2.27. The van der Waals surface area contributed by atoms with Gasteiger partial charge >= 0.3 is 0 Å². The van der Waals surface area contributed by atoms with Gasteiger partial charge in [-0.3, -0.25) is 9.89 Å². The molecule has 7 nitrogen and oxygen atoms in total. The van der Waals surface area contributed by atoms with Gasteiger partial charge in [-0.15, -0.1) is 0 Å². The summed E-state index contributed by atoms with van der Waals surface area (Å²) in [6.07, 6.45) is 0.899. The van der Waals surface area contributed by atoms with E-state index < -0.39 is 0 Å². The lowest BCUT2D eigenvalue weighted by molar-refractivity contribution is 0.0730. The van der Waals surface area contributed by atoms with E-state index in [1.807, 2.05) is 47.4 Å². The van der Waals surface area contributed by atoms with Crippen LogP contribution in [0.5, 0.6) is 17.2 Å². The van der Waals surface area contributed by atoms with Crippen LogP contribution in [0.1, 0.15) is 52.1 Å². The number of benzene rings is 3. The zero-order chi connectivity index (χ0) is 25.9. The minimum absolute atomic E-state index is 0.0851. The molecule has 1 aliphatic rings. The summed E-state index contributed by atoms with van der Waals surface area (Å²) < 4.78 is 16.9. The van der Waals surface area contributed by atoms with Crippen molar-refractivity contribution in [2.75, 3.05) is 20.8 Å². The van der Waals surface area contributed by atoms with Crippen LogP contribution in [-0.2, 0) is 6.54 Å². The molecule has 3 aromatic carbocycles. The SMILES string of the molecule is CCCOc1ccc(C2c3c(-c4ccc(OC)cc4)n[nH]c3C(=O)N2Cc2ccc(C)cc2)cc1OC. The number of rotatable bonds is 9. The largest absolute Gasteiger partial charge is 0.497 e. The summed E-state index contributed by atoms with van der Waals surface area (Å²) >= 11 is 0. The normalized spacial score (nSPS) is 14.5. The Bertz CT molecular complexity index is 1390. The second kappa shape index (κ2) is 10.4. The number of fused-ring (bicyclic) bond motifs is 1. The summed E-state index contributed by atoms with van der Waals surface area (Å²) in [6.45, 7) is 5.18. The number of ether oxygens (including phenoxy) is 3. The second-order valence-electron chi connectivity index (χ2n) is 9.17. The number of H-pyrrole nitrogens is 1. The van der Waals surface area contributed by atoms with Crippen LogP contribution in [0, 0.1) is 6.92 Å². The van der Waals surface area contributed by atoms with Gasteiger partial charge in [0.25, 0.3) is 5.91 Å². The van der Waals surface area contributed by atoms with Crippen molar-refractivity contribution in [3.05, 3.63) is 94.7 Å². The maximum Gasteiger partial charge on any atom is 0.273 e. The molecule has 1 unspecified atom stereocenters. The van der Waals surface area contributed by atoms with E-state index in [-0.39, 0.29) is 11.9 Å². The molecular weight excluding hydrogens is 466 g/mol. The number of carbonyl (C=O) groups is 1. The molecule has 5 rings (SSSR count). The molecule has 4 aromatic rings. The highest BCUT2D eigenvalue weighted by atomic mass is 16.5. The van der Waals surface area contributed by atoms with Gasteiger partial charge in [0, 0.05) is 17.7 Å². The standard InChI is InChI=1S/C30H31N3O4/c1-5-16-37-24-15-12-22(17-25(24)36-4)29-26-27(21-10-13-23(35-3)14-11-21)31-32-28(26)30(34)33(29)18-20-8-6-19(2)7-9-20/h6-15,17,29H,5,16,18H2,1-4H3,(H,31,32). The van der Waals surface area contributed by atoms with Crippen molar-refractivity contribution >= 4 is 5.91 Å². The molecule has 0 saturated heterocycles. The van der Waals surface area contributed by atoms with E-state index >= 15 is 0 Å². The van der Waals surface area contributed by atoms with Crippen LogP contribution in [0.3, 0.4) is 0 Å². The highest BCUT2D eigenvalue weighted by molar-refractivity contribution is 6.00. The summed E-state index contributed by atoms with van der Waals surface area (Å²) in [5.41, 5.74) is 6.17. The lowest BCUT2D eigenvalue weighted by atomic mass is 9.95. The Morgan fingerprint density at radius 1 is 0.946 bits per heavy atom. The highest BCUT2D eigenvalue weighted by Gasteiger charge is 2.42. The van der Waals surface area contributed by atoms with Gasteiger partial charge in [0.05, 0.1) is 32.6 Å². The lowest BCUT2D eigenvalue weighted by Crippen LogP contribution is -2.29. The fraction of sp³-hybridized carbons (Fsp3) is 0.267. The number of carbonyl (C=O) groups excluding carboxylic acids is 1. The van der Waals surface area contributed by atoms with Gasteiger partial charge in [-0.1, -0.05) is 42.8 Å². The van der Waals surface area contributed by atoms with Crippen LogP contribution >= 0.6 is 0 Å². The van der Waals surface area contributed by atoms with Gasteiger partial charge in [-0.05, 0) is 60.9 Å². The summed E-state index contributed by atoms with van der Waals surface area (Å²) in [5.74, 6) is 2.00. The Kier molecular flexibility index (Phi) is 6.86. The summed E-state index contributed by atoms with van der Waals surface area (Å²) in [4.78, 5) is 15.6. The third-order valence-corrected chi connectivity index (χ3v) is 6.67. The Morgan fingerprint density at radius 3 is 2.38 bits per heavy atom. The van der Waals surface area contributed by atoms with Crippen molar-refractivity contribution in [3.63, 3.8) is 0 Å². The quantitative estimate of drug-likeness (QED) is 0.310. The molecule has 0 spiro atoms. The maximum absolute atomic E-state index is 13.7. The van der Waals surface area contributed by atoms with Crippen molar-refractivity contribution in [1.82, 2.24) is 15.1 Å². The molecule has 0 fully saturated rings. The molecule has 2 heterocycles. The number of hydrogen-bond acceptors (Lipinski definition) is 5. The molecule has 7 heteroatoms. The summed E-state index contributed by atoms with van der Waals surface area (Å²) in [7, 11) is 3.27. The third-order valence-electron chi connectivity index (χ3n) is 6.67. The fourth-order valence-electron chi connectivity index (χ4n) is 4.75. The first-order chi connectivity index (χ1) is 18.0. The molecule has 1 aliphatic heterocycles. The number of nitrogens with one attached hydrogen (secondary N) is 1. The van der Waals surface area contributed by atoms with E-state index in [0.29, 0.717) is 30.3 Å². The van der Waals surface area contributed by atoms with E-state index in [2.05, 4.69) is 48.3 Å². The number of aryl methyl sites for hydroxylation is 1. The van der Waals surface area contributed by atoms with Crippen LogP contribution in [0.25, 0.3) is 11.3 Å². The molecule has 1 atom stereocenters. The maximum atomic E-state index is 13.7. The van der Waals surface area contributed by atoms with Crippen molar-refractivity contribution in [3.8, 4) is 28.5 Å². The van der Waals surface area contributed by atoms with Gasteiger partial charge in [0.2, 0.25) is 0 Å². The van der Waals surface area contributed by atoms with Crippen molar-refractivity contribution in [1.29, 1.82) is 0 Å². The van der Waals surface area contributed by atoms with Crippen LogP contribution in [0.15, 0.2) is 66.7 Å². The smallest absolute Gasteiger partial charge is 0.273 e. The Morgan fingerprint density at radius 2 is 1.70 bits per heavy atom. The molecule has 0 radical (unpaired) electrons. The number of amides is 1. The van der Waals surface area contributed by atoms with E-state index in [0.717, 1.165) is 40.1 Å².